The Morgan fingerprint density at radius 2 is 1.76 bits per heavy atom. The molecule has 1 fully saturated rings. The Bertz CT molecular complexity index is 1290. The smallest absolute Gasteiger partial charge is 0.340 e. The first-order valence-electron chi connectivity index (χ1n) is 11.2. The van der Waals surface area contributed by atoms with Crippen LogP contribution in [0.25, 0.3) is 10.9 Å². The van der Waals surface area contributed by atoms with Crippen molar-refractivity contribution < 1.29 is 23.1 Å². The summed E-state index contributed by atoms with van der Waals surface area (Å²) in [5, 5.41) is 11.3. The van der Waals surface area contributed by atoms with Gasteiger partial charge in [0.2, 0.25) is 0 Å². The standard InChI is InChI=1S/C25H30N2O5S/c1-4-32-25(29)24-21(16-33(30,31)18-9-7-17(2)8-10-18)26(3)20-11-12-22(28)19(23(20)24)15-27-13-5-6-14-27/h7-12,28H,4-6,13-16H2,1-3H3. The van der Waals surface area contributed by atoms with E-state index in [0.717, 1.165) is 31.5 Å². The van der Waals surface area contributed by atoms with Gasteiger partial charge in [0.15, 0.2) is 9.84 Å². The van der Waals surface area contributed by atoms with Crippen molar-refractivity contribution in [3.63, 3.8) is 0 Å². The van der Waals surface area contributed by atoms with Crippen LogP contribution in [0.1, 0.15) is 46.9 Å². The molecule has 0 unspecified atom stereocenters. The number of carbonyl (C=O) groups is 1. The number of phenols is 1. The zero-order valence-corrected chi connectivity index (χ0v) is 20.1. The van der Waals surface area contributed by atoms with Gasteiger partial charge in [0.05, 0.1) is 22.8 Å². The SMILES string of the molecule is CCOC(=O)c1c(CS(=O)(=O)c2ccc(C)cc2)n(C)c2ccc(O)c(CN3CCCC3)c12. The van der Waals surface area contributed by atoms with Crippen molar-refractivity contribution in [1.29, 1.82) is 0 Å². The van der Waals surface area contributed by atoms with E-state index in [-0.39, 0.29) is 28.6 Å². The van der Waals surface area contributed by atoms with Crippen LogP contribution in [0.4, 0.5) is 0 Å². The average molecular weight is 471 g/mol. The van der Waals surface area contributed by atoms with Crippen LogP contribution in [0.3, 0.4) is 0 Å². The molecule has 1 aliphatic heterocycles. The third-order valence-corrected chi connectivity index (χ3v) is 7.98. The number of benzene rings is 2. The van der Waals surface area contributed by atoms with Crippen LogP contribution in [-0.4, -0.2) is 48.7 Å². The van der Waals surface area contributed by atoms with Gasteiger partial charge in [0.1, 0.15) is 5.75 Å². The van der Waals surface area contributed by atoms with Crippen LogP contribution in [0.15, 0.2) is 41.3 Å². The summed E-state index contributed by atoms with van der Waals surface area (Å²) < 4.78 is 33.6. The molecule has 0 aliphatic carbocycles. The Balaban J connectivity index is 1.90. The number of sulfone groups is 1. The number of esters is 1. The molecule has 2 heterocycles. The van der Waals surface area contributed by atoms with Gasteiger partial charge in [0, 0.05) is 35.8 Å². The van der Waals surface area contributed by atoms with Gasteiger partial charge in [-0.05, 0) is 64.0 Å². The number of likely N-dealkylation sites (tertiary alicyclic amines) is 1. The highest BCUT2D eigenvalue weighted by Gasteiger charge is 2.30. The van der Waals surface area contributed by atoms with Crippen molar-refractivity contribution in [2.45, 2.75) is 43.9 Å². The Kier molecular flexibility index (Phi) is 6.50. The van der Waals surface area contributed by atoms with E-state index in [1.807, 2.05) is 6.92 Å². The molecule has 1 N–H and O–H groups in total. The Hall–Kier alpha value is -2.84. The van der Waals surface area contributed by atoms with E-state index < -0.39 is 15.8 Å². The summed E-state index contributed by atoms with van der Waals surface area (Å²) in [6, 6.07) is 10.0. The quantitative estimate of drug-likeness (QED) is 0.526. The Labute approximate surface area is 194 Å². The van der Waals surface area contributed by atoms with E-state index in [0.29, 0.717) is 28.7 Å². The van der Waals surface area contributed by atoms with Crippen LogP contribution in [0, 0.1) is 6.92 Å². The van der Waals surface area contributed by atoms with Gasteiger partial charge >= 0.3 is 5.97 Å². The molecule has 2 aromatic carbocycles. The molecule has 0 spiro atoms. The third-order valence-electron chi connectivity index (χ3n) is 6.34. The number of fused-ring (bicyclic) bond motifs is 1. The predicted octanol–water partition coefficient (Wildman–Crippen LogP) is 3.94. The molecule has 3 aromatic rings. The van der Waals surface area contributed by atoms with E-state index in [1.165, 1.54) is 0 Å². The number of aryl methyl sites for hydroxylation is 2. The van der Waals surface area contributed by atoms with Gasteiger partial charge in [-0.1, -0.05) is 17.7 Å². The first-order chi connectivity index (χ1) is 15.7. The summed E-state index contributed by atoms with van der Waals surface area (Å²) in [6.45, 7) is 6.11. The van der Waals surface area contributed by atoms with Gasteiger partial charge in [0.25, 0.3) is 0 Å². The fourth-order valence-corrected chi connectivity index (χ4v) is 5.98. The molecule has 0 amide bonds. The van der Waals surface area contributed by atoms with E-state index in [4.69, 9.17) is 4.74 Å². The summed E-state index contributed by atoms with van der Waals surface area (Å²) in [5.41, 5.74) is 2.87. The van der Waals surface area contributed by atoms with Crippen LogP contribution < -0.4 is 0 Å². The number of phenolic OH excluding ortho intramolecular Hbond substituents is 1. The second-order valence-corrected chi connectivity index (χ2v) is 10.6. The number of hydrogen-bond donors (Lipinski definition) is 1. The molecular weight excluding hydrogens is 440 g/mol. The fraction of sp³-hybridized carbons (Fsp3) is 0.400. The largest absolute Gasteiger partial charge is 0.508 e. The molecular formula is C25H30N2O5S. The molecule has 176 valence electrons. The van der Waals surface area contributed by atoms with E-state index in [9.17, 15) is 18.3 Å². The number of aromatic hydroxyl groups is 1. The minimum atomic E-state index is -3.72. The first kappa shape index (κ1) is 23.3. The molecule has 33 heavy (non-hydrogen) atoms. The monoisotopic (exact) mass is 470 g/mol. The van der Waals surface area contributed by atoms with Crippen molar-refractivity contribution in [3.05, 3.63) is 58.8 Å². The molecule has 4 rings (SSSR count). The van der Waals surface area contributed by atoms with Crippen LogP contribution in [-0.2, 0) is 33.9 Å². The molecule has 1 aliphatic rings. The van der Waals surface area contributed by atoms with Crippen molar-refractivity contribution >= 4 is 26.7 Å². The van der Waals surface area contributed by atoms with Crippen molar-refractivity contribution in [1.82, 2.24) is 9.47 Å². The zero-order chi connectivity index (χ0) is 23.8. The lowest BCUT2D eigenvalue weighted by molar-refractivity contribution is 0.0527. The summed E-state index contributed by atoms with van der Waals surface area (Å²) in [4.78, 5) is 15.6. The number of carbonyl (C=O) groups excluding carboxylic acids is 1. The van der Waals surface area contributed by atoms with Crippen molar-refractivity contribution in [3.8, 4) is 5.75 Å². The lowest BCUT2D eigenvalue weighted by atomic mass is 10.0. The van der Waals surface area contributed by atoms with Crippen LogP contribution in [0.5, 0.6) is 5.75 Å². The second-order valence-electron chi connectivity index (χ2n) is 8.61. The highest BCUT2D eigenvalue weighted by atomic mass is 32.2. The van der Waals surface area contributed by atoms with Gasteiger partial charge in [-0.2, -0.15) is 0 Å². The molecule has 0 saturated carbocycles. The van der Waals surface area contributed by atoms with E-state index in [1.54, 1.807) is 54.9 Å². The van der Waals surface area contributed by atoms with Crippen LogP contribution in [0.2, 0.25) is 0 Å². The molecule has 0 atom stereocenters. The van der Waals surface area contributed by atoms with E-state index in [2.05, 4.69) is 4.90 Å². The molecule has 7 nitrogen and oxygen atoms in total. The summed E-state index contributed by atoms with van der Waals surface area (Å²) in [7, 11) is -1.97. The van der Waals surface area contributed by atoms with Gasteiger partial charge < -0.3 is 14.4 Å². The number of hydrogen-bond acceptors (Lipinski definition) is 6. The Morgan fingerprint density at radius 1 is 1.09 bits per heavy atom. The second kappa shape index (κ2) is 9.19. The molecule has 0 bridgehead atoms. The minimum Gasteiger partial charge on any atom is -0.508 e. The average Bonchev–Trinajstić information content (AvgIpc) is 3.37. The summed E-state index contributed by atoms with van der Waals surface area (Å²) in [5.74, 6) is -0.830. The summed E-state index contributed by atoms with van der Waals surface area (Å²) >= 11 is 0. The molecule has 1 aromatic heterocycles. The lowest BCUT2D eigenvalue weighted by Gasteiger charge is -2.17. The predicted molar refractivity (Wildman–Crippen MR) is 127 cm³/mol. The minimum absolute atomic E-state index is 0.0958. The number of ether oxygens (including phenoxy) is 1. The maximum Gasteiger partial charge on any atom is 0.340 e. The number of nitrogens with zero attached hydrogens (tertiary/aromatic N) is 2. The number of rotatable bonds is 7. The maximum absolute atomic E-state index is 13.3. The van der Waals surface area contributed by atoms with Crippen molar-refractivity contribution in [2.24, 2.45) is 7.05 Å². The normalized spacial score (nSPS) is 14.8. The topological polar surface area (TPSA) is 88.8 Å². The number of aromatic nitrogens is 1. The summed E-state index contributed by atoms with van der Waals surface area (Å²) in [6.07, 6.45) is 2.19. The molecule has 8 heteroatoms. The highest BCUT2D eigenvalue weighted by molar-refractivity contribution is 7.90. The van der Waals surface area contributed by atoms with Gasteiger partial charge in [-0.3, -0.25) is 4.90 Å². The van der Waals surface area contributed by atoms with Crippen LogP contribution >= 0.6 is 0 Å². The van der Waals surface area contributed by atoms with Gasteiger partial charge in [-0.15, -0.1) is 0 Å². The van der Waals surface area contributed by atoms with Gasteiger partial charge in [-0.25, -0.2) is 13.2 Å². The molecule has 0 radical (unpaired) electrons. The first-order valence-corrected chi connectivity index (χ1v) is 12.9. The zero-order valence-electron chi connectivity index (χ0n) is 19.3. The third kappa shape index (κ3) is 4.50. The fourth-order valence-electron chi connectivity index (χ4n) is 4.57. The van der Waals surface area contributed by atoms with Crippen molar-refractivity contribution in [2.75, 3.05) is 19.7 Å². The highest BCUT2D eigenvalue weighted by Crippen LogP contribution is 2.36. The maximum atomic E-state index is 13.3. The lowest BCUT2D eigenvalue weighted by Crippen LogP contribution is -2.19. The Morgan fingerprint density at radius 3 is 2.39 bits per heavy atom. The molecule has 1 saturated heterocycles. The van der Waals surface area contributed by atoms with E-state index >= 15 is 0 Å².